The summed E-state index contributed by atoms with van der Waals surface area (Å²) in [6.45, 7) is 0. The van der Waals surface area contributed by atoms with Crippen LogP contribution in [-0.2, 0) is 4.79 Å². The quantitative estimate of drug-likeness (QED) is 0.653. The number of carboxylic acid groups (broad SMARTS) is 1. The van der Waals surface area contributed by atoms with Gasteiger partial charge in [0.05, 0.1) is 0 Å². The van der Waals surface area contributed by atoms with Gasteiger partial charge in [-0.25, -0.2) is 4.39 Å². The highest BCUT2D eigenvalue weighted by atomic mass is 19.1. The SMILES string of the molecule is O=C(O)CCCCC#CC#Cc1ccc(F)cc1. The third-order valence-corrected chi connectivity index (χ3v) is 2.14. The summed E-state index contributed by atoms with van der Waals surface area (Å²) >= 11 is 0. The van der Waals surface area contributed by atoms with Crippen LogP contribution >= 0.6 is 0 Å². The molecule has 0 heterocycles. The van der Waals surface area contributed by atoms with Gasteiger partial charge in [-0.2, -0.15) is 0 Å². The lowest BCUT2D eigenvalue weighted by Crippen LogP contribution is -1.92. The maximum atomic E-state index is 12.6. The van der Waals surface area contributed by atoms with Crippen LogP contribution in [0.3, 0.4) is 0 Å². The van der Waals surface area contributed by atoms with E-state index in [-0.39, 0.29) is 12.2 Å². The molecule has 0 unspecified atom stereocenters. The first-order valence-corrected chi connectivity index (χ1v) is 5.65. The van der Waals surface area contributed by atoms with Crippen molar-refractivity contribution < 1.29 is 14.3 Å². The van der Waals surface area contributed by atoms with Gasteiger partial charge in [0.25, 0.3) is 0 Å². The second-order valence-corrected chi connectivity index (χ2v) is 3.66. The molecule has 1 N–H and O–H groups in total. The maximum Gasteiger partial charge on any atom is 0.303 e. The summed E-state index contributed by atoms with van der Waals surface area (Å²) in [5, 5.41) is 8.41. The molecule has 0 amide bonds. The van der Waals surface area contributed by atoms with Gasteiger partial charge < -0.3 is 5.11 Å². The maximum absolute atomic E-state index is 12.6. The average molecular weight is 244 g/mol. The molecular weight excluding hydrogens is 231 g/mol. The minimum absolute atomic E-state index is 0.183. The van der Waals surface area contributed by atoms with Gasteiger partial charge in [0.1, 0.15) is 5.82 Å². The van der Waals surface area contributed by atoms with Crippen molar-refractivity contribution in [1.29, 1.82) is 0 Å². The zero-order chi connectivity index (χ0) is 13.2. The number of carboxylic acids is 1. The fourth-order valence-electron chi connectivity index (χ4n) is 1.23. The van der Waals surface area contributed by atoms with E-state index in [1.54, 1.807) is 12.1 Å². The van der Waals surface area contributed by atoms with Gasteiger partial charge in [0, 0.05) is 18.4 Å². The van der Waals surface area contributed by atoms with Gasteiger partial charge in [-0.15, -0.1) is 0 Å². The van der Waals surface area contributed by atoms with Crippen molar-refractivity contribution in [3.05, 3.63) is 35.6 Å². The van der Waals surface area contributed by atoms with Gasteiger partial charge in [-0.3, -0.25) is 4.79 Å². The predicted octanol–water partition coefficient (Wildman–Crippen LogP) is 2.83. The van der Waals surface area contributed by atoms with E-state index < -0.39 is 5.97 Å². The molecule has 0 aliphatic heterocycles. The van der Waals surface area contributed by atoms with Crippen LogP contribution in [0.4, 0.5) is 4.39 Å². The largest absolute Gasteiger partial charge is 0.481 e. The van der Waals surface area contributed by atoms with E-state index in [0.29, 0.717) is 12.8 Å². The van der Waals surface area contributed by atoms with Crippen LogP contribution < -0.4 is 0 Å². The lowest BCUT2D eigenvalue weighted by Gasteiger charge is -1.90. The first-order chi connectivity index (χ1) is 8.68. The van der Waals surface area contributed by atoms with Gasteiger partial charge in [-0.05, 0) is 48.9 Å². The van der Waals surface area contributed by atoms with Crippen LogP contribution in [0, 0.1) is 29.5 Å². The van der Waals surface area contributed by atoms with Crippen LogP contribution in [0.25, 0.3) is 0 Å². The Labute approximate surface area is 106 Å². The topological polar surface area (TPSA) is 37.3 Å². The van der Waals surface area contributed by atoms with Crippen LogP contribution in [0.5, 0.6) is 0 Å². The molecule has 1 rings (SSSR count). The molecular formula is C15H13FO2. The van der Waals surface area contributed by atoms with E-state index in [9.17, 15) is 9.18 Å². The fourth-order valence-corrected chi connectivity index (χ4v) is 1.23. The Balaban J connectivity index is 2.29. The van der Waals surface area contributed by atoms with Crippen molar-refractivity contribution in [1.82, 2.24) is 0 Å². The van der Waals surface area contributed by atoms with Crippen molar-refractivity contribution in [3.8, 4) is 23.7 Å². The number of rotatable bonds is 4. The number of aliphatic carboxylic acids is 1. The third-order valence-electron chi connectivity index (χ3n) is 2.14. The van der Waals surface area contributed by atoms with E-state index in [0.717, 1.165) is 12.0 Å². The highest BCUT2D eigenvalue weighted by molar-refractivity contribution is 5.66. The molecule has 0 saturated heterocycles. The first kappa shape index (κ1) is 13.8. The minimum Gasteiger partial charge on any atom is -0.481 e. The van der Waals surface area contributed by atoms with Crippen LogP contribution in [0.1, 0.15) is 31.2 Å². The number of hydrogen-bond acceptors (Lipinski definition) is 1. The summed E-state index contributed by atoms with van der Waals surface area (Å²) < 4.78 is 12.6. The molecule has 2 nitrogen and oxygen atoms in total. The van der Waals surface area contributed by atoms with Crippen LogP contribution in [0.15, 0.2) is 24.3 Å². The van der Waals surface area contributed by atoms with Gasteiger partial charge in [0.15, 0.2) is 0 Å². The Morgan fingerprint density at radius 3 is 2.56 bits per heavy atom. The highest BCUT2D eigenvalue weighted by Gasteiger charge is 1.93. The summed E-state index contributed by atoms with van der Waals surface area (Å²) in [6.07, 6.45) is 2.22. The summed E-state index contributed by atoms with van der Waals surface area (Å²) in [5.41, 5.74) is 0.719. The summed E-state index contributed by atoms with van der Waals surface area (Å²) in [6, 6.07) is 5.89. The van der Waals surface area contributed by atoms with Crippen molar-refractivity contribution >= 4 is 5.97 Å². The molecule has 0 spiro atoms. The van der Waals surface area contributed by atoms with Crippen LogP contribution in [-0.4, -0.2) is 11.1 Å². The Morgan fingerprint density at radius 1 is 1.17 bits per heavy atom. The number of carbonyl (C=O) groups is 1. The smallest absolute Gasteiger partial charge is 0.303 e. The Bertz CT molecular complexity index is 509. The number of benzene rings is 1. The van der Waals surface area contributed by atoms with Gasteiger partial charge in [-0.1, -0.05) is 11.8 Å². The zero-order valence-corrected chi connectivity index (χ0v) is 9.87. The molecule has 1 aromatic carbocycles. The molecule has 1 aromatic rings. The molecule has 18 heavy (non-hydrogen) atoms. The summed E-state index contributed by atoms with van der Waals surface area (Å²) in [7, 11) is 0. The lowest BCUT2D eigenvalue weighted by atomic mass is 10.2. The normalized spacial score (nSPS) is 8.72. The third kappa shape index (κ3) is 6.35. The molecule has 0 aliphatic carbocycles. The zero-order valence-electron chi connectivity index (χ0n) is 9.87. The molecule has 0 bridgehead atoms. The molecule has 3 heteroatoms. The molecule has 0 atom stereocenters. The number of unbranched alkanes of at least 4 members (excludes halogenated alkanes) is 2. The van der Waals surface area contributed by atoms with Crippen molar-refractivity contribution in [3.63, 3.8) is 0 Å². The fraction of sp³-hybridized carbons (Fsp3) is 0.267. The van der Waals surface area contributed by atoms with Crippen LogP contribution in [0.2, 0.25) is 0 Å². The Kier molecular flexibility index (Phi) is 6.08. The van der Waals surface area contributed by atoms with E-state index in [1.165, 1.54) is 12.1 Å². The second-order valence-electron chi connectivity index (χ2n) is 3.66. The van der Waals surface area contributed by atoms with Crippen molar-refractivity contribution in [2.24, 2.45) is 0 Å². The monoisotopic (exact) mass is 244 g/mol. The summed E-state index contributed by atoms with van der Waals surface area (Å²) in [4.78, 5) is 10.2. The molecule has 92 valence electrons. The van der Waals surface area contributed by atoms with Crippen molar-refractivity contribution in [2.45, 2.75) is 25.7 Å². The number of halogens is 1. The first-order valence-electron chi connectivity index (χ1n) is 5.65. The lowest BCUT2D eigenvalue weighted by molar-refractivity contribution is -0.137. The molecule has 0 aromatic heterocycles. The van der Waals surface area contributed by atoms with Gasteiger partial charge in [0.2, 0.25) is 0 Å². The minimum atomic E-state index is -0.779. The Morgan fingerprint density at radius 2 is 1.89 bits per heavy atom. The summed E-state index contributed by atoms with van der Waals surface area (Å²) in [5.74, 6) is 9.94. The predicted molar refractivity (Wildman–Crippen MR) is 67.2 cm³/mol. The van der Waals surface area contributed by atoms with E-state index >= 15 is 0 Å². The van der Waals surface area contributed by atoms with E-state index in [2.05, 4.69) is 23.7 Å². The van der Waals surface area contributed by atoms with E-state index in [1.807, 2.05) is 0 Å². The standard InChI is InChI=1S/C15H13FO2/c16-14-11-9-13(10-12-14)7-5-3-1-2-4-6-8-15(17)18/h9-12H,2,4,6,8H2,(H,17,18). The second kappa shape index (κ2) is 7.92. The van der Waals surface area contributed by atoms with Gasteiger partial charge >= 0.3 is 5.97 Å². The molecule has 0 aliphatic rings. The molecule has 0 fully saturated rings. The highest BCUT2D eigenvalue weighted by Crippen LogP contribution is 2.00. The molecule has 0 saturated carbocycles. The average Bonchev–Trinajstić information content (AvgIpc) is 2.34. The van der Waals surface area contributed by atoms with E-state index in [4.69, 9.17) is 5.11 Å². The Hall–Kier alpha value is -2.26. The van der Waals surface area contributed by atoms with Crippen molar-refractivity contribution in [2.75, 3.05) is 0 Å². The number of hydrogen-bond donors (Lipinski definition) is 1. The molecule has 0 radical (unpaired) electrons.